The number of rotatable bonds is 3. The molecule has 0 spiro atoms. The molecule has 1 heterocycles. The first-order chi connectivity index (χ1) is 11.0. The van der Waals surface area contributed by atoms with E-state index in [9.17, 15) is 9.59 Å². The zero-order chi connectivity index (χ0) is 16.6. The number of para-hydroxylation sites is 1. The summed E-state index contributed by atoms with van der Waals surface area (Å²) < 4.78 is 0. The van der Waals surface area contributed by atoms with Gasteiger partial charge in [-0.2, -0.15) is 0 Å². The molecule has 0 atom stereocenters. The number of fused-ring (bicyclic) bond motifs is 1. The van der Waals surface area contributed by atoms with Gasteiger partial charge in [-0.25, -0.2) is 4.98 Å². The van der Waals surface area contributed by atoms with E-state index in [1.165, 1.54) is 4.90 Å². The van der Waals surface area contributed by atoms with Crippen LogP contribution in [0.2, 0.25) is 0 Å². The van der Waals surface area contributed by atoms with E-state index in [2.05, 4.69) is 9.97 Å². The lowest BCUT2D eigenvalue weighted by atomic mass is 10.1. The molecule has 0 saturated carbocycles. The third-order valence-electron chi connectivity index (χ3n) is 3.57. The van der Waals surface area contributed by atoms with Crippen molar-refractivity contribution < 1.29 is 9.59 Å². The van der Waals surface area contributed by atoms with Gasteiger partial charge in [0.05, 0.1) is 11.1 Å². The minimum atomic E-state index is -0.523. The van der Waals surface area contributed by atoms with E-state index < -0.39 is 5.91 Å². The fraction of sp³-hybridized carbons (Fsp3) is 0.118. The number of H-pyrrole nitrogens is 1. The van der Waals surface area contributed by atoms with Gasteiger partial charge < -0.3 is 15.6 Å². The first kappa shape index (κ1) is 14.8. The summed E-state index contributed by atoms with van der Waals surface area (Å²) in [4.78, 5) is 32.7. The lowest BCUT2D eigenvalue weighted by Crippen LogP contribution is -2.21. The molecule has 3 aromatic rings. The molecule has 3 N–H and O–H groups in total. The van der Waals surface area contributed by atoms with Gasteiger partial charge in [-0.3, -0.25) is 9.59 Å². The molecule has 0 unspecified atom stereocenters. The molecule has 6 nitrogen and oxygen atoms in total. The van der Waals surface area contributed by atoms with Gasteiger partial charge in [0.15, 0.2) is 0 Å². The summed E-state index contributed by atoms with van der Waals surface area (Å²) in [6, 6.07) is 12.4. The van der Waals surface area contributed by atoms with Gasteiger partial charge in [0.1, 0.15) is 11.3 Å². The first-order valence-corrected chi connectivity index (χ1v) is 7.08. The Kier molecular flexibility index (Phi) is 3.57. The fourth-order valence-corrected chi connectivity index (χ4v) is 2.43. The lowest BCUT2D eigenvalue weighted by molar-refractivity contribution is 0.0827. The molecule has 116 valence electrons. The van der Waals surface area contributed by atoms with Gasteiger partial charge in [-0.15, -0.1) is 0 Å². The number of aromatic nitrogens is 2. The zero-order valence-electron chi connectivity index (χ0n) is 12.8. The molecule has 23 heavy (non-hydrogen) atoms. The number of imidazole rings is 1. The van der Waals surface area contributed by atoms with Crippen LogP contribution in [-0.2, 0) is 0 Å². The van der Waals surface area contributed by atoms with Crippen LogP contribution in [0.25, 0.3) is 22.4 Å². The Hall–Kier alpha value is -3.15. The van der Waals surface area contributed by atoms with E-state index in [4.69, 9.17) is 5.73 Å². The van der Waals surface area contributed by atoms with E-state index in [1.807, 2.05) is 12.1 Å². The molecule has 0 aliphatic rings. The maximum absolute atomic E-state index is 12.1. The molecule has 1 aromatic heterocycles. The predicted molar refractivity (Wildman–Crippen MR) is 88.1 cm³/mol. The van der Waals surface area contributed by atoms with E-state index >= 15 is 0 Å². The number of aromatic amines is 1. The highest BCUT2D eigenvalue weighted by Crippen LogP contribution is 2.23. The zero-order valence-corrected chi connectivity index (χ0v) is 12.8. The summed E-state index contributed by atoms with van der Waals surface area (Å²) in [6.45, 7) is 0. The quantitative estimate of drug-likeness (QED) is 0.775. The third-order valence-corrected chi connectivity index (χ3v) is 3.57. The molecule has 0 fully saturated rings. The second kappa shape index (κ2) is 5.57. The van der Waals surface area contributed by atoms with Crippen LogP contribution in [0.5, 0.6) is 0 Å². The Morgan fingerprint density at radius 2 is 1.87 bits per heavy atom. The van der Waals surface area contributed by atoms with Crippen LogP contribution in [-0.4, -0.2) is 40.8 Å². The highest BCUT2D eigenvalue weighted by molar-refractivity contribution is 6.04. The Labute approximate surface area is 132 Å². The van der Waals surface area contributed by atoms with E-state index in [0.717, 1.165) is 11.1 Å². The van der Waals surface area contributed by atoms with Crippen molar-refractivity contribution in [1.82, 2.24) is 14.9 Å². The van der Waals surface area contributed by atoms with Crippen molar-refractivity contribution in [3.05, 3.63) is 53.6 Å². The molecule has 0 radical (unpaired) electrons. The number of benzene rings is 2. The van der Waals surface area contributed by atoms with Crippen LogP contribution in [0.4, 0.5) is 0 Å². The van der Waals surface area contributed by atoms with E-state index in [0.29, 0.717) is 22.5 Å². The molecule has 0 saturated heterocycles. The summed E-state index contributed by atoms with van der Waals surface area (Å²) in [7, 11) is 3.41. The highest BCUT2D eigenvalue weighted by atomic mass is 16.2. The van der Waals surface area contributed by atoms with Crippen LogP contribution in [0.3, 0.4) is 0 Å². The van der Waals surface area contributed by atoms with Crippen molar-refractivity contribution in [3.8, 4) is 11.4 Å². The van der Waals surface area contributed by atoms with Gasteiger partial charge in [0, 0.05) is 25.2 Å². The largest absolute Gasteiger partial charge is 0.366 e. The van der Waals surface area contributed by atoms with Gasteiger partial charge >= 0.3 is 0 Å². The number of primary amides is 1. The van der Waals surface area contributed by atoms with Crippen LogP contribution in [0.1, 0.15) is 20.7 Å². The van der Waals surface area contributed by atoms with Gasteiger partial charge in [0.25, 0.3) is 11.8 Å². The Balaban J connectivity index is 2.11. The number of carbonyl (C=O) groups is 2. The number of amides is 2. The van der Waals surface area contributed by atoms with Crippen LogP contribution in [0, 0.1) is 0 Å². The molecule has 0 aliphatic heterocycles. The summed E-state index contributed by atoms with van der Waals surface area (Å²) in [5, 5.41) is 0. The average molecular weight is 308 g/mol. The molecular weight excluding hydrogens is 292 g/mol. The number of nitrogens with two attached hydrogens (primary N) is 1. The highest BCUT2D eigenvalue weighted by Gasteiger charge is 2.14. The van der Waals surface area contributed by atoms with Crippen molar-refractivity contribution >= 4 is 22.8 Å². The predicted octanol–water partition coefficient (Wildman–Crippen LogP) is 2.03. The van der Waals surface area contributed by atoms with Crippen molar-refractivity contribution in [3.63, 3.8) is 0 Å². The lowest BCUT2D eigenvalue weighted by Gasteiger charge is -2.10. The molecule has 0 bridgehead atoms. The van der Waals surface area contributed by atoms with Gasteiger partial charge in [-0.1, -0.05) is 18.2 Å². The molecule has 3 rings (SSSR count). The van der Waals surface area contributed by atoms with Crippen molar-refractivity contribution in [2.75, 3.05) is 14.1 Å². The Morgan fingerprint density at radius 1 is 1.13 bits per heavy atom. The summed E-state index contributed by atoms with van der Waals surface area (Å²) in [5.74, 6) is -0.0203. The van der Waals surface area contributed by atoms with Gasteiger partial charge in [-0.05, 0) is 24.3 Å². The molecule has 2 aromatic carbocycles. The van der Waals surface area contributed by atoms with Crippen molar-refractivity contribution in [2.24, 2.45) is 5.73 Å². The number of hydrogen-bond acceptors (Lipinski definition) is 3. The van der Waals surface area contributed by atoms with Crippen molar-refractivity contribution in [2.45, 2.75) is 0 Å². The molecule has 6 heteroatoms. The Morgan fingerprint density at radius 3 is 2.57 bits per heavy atom. The monoisotopic (exact) mass is 308 g/mol. The summed E-state index contributed by atoms with van der Waals surface area (Å²) >= 11 is 0. The SMILES string of the molecule is CN(C)C(=O)c1cccc(-c2nc3c(C(N)=O)cccc3[nH]2)c1. The van der Waals surface area contributed by atoms with E-state index in [1.54, 1.807) is 44.4 Å². The van der Waals surface area contributed by atoms with Crippen LogP contribution in [0.15, 0.2) is 42.5 Å². The topological polar surface area (TPSA) is 92.1 Å². The minimum Gasteiger partial charge on any atom is -0.366 e. The van der Waals surface area contributed by atoms with E-state index in [-0.39, 0.29) is 5.91 Å². The summed E-state index contributed by atoms with van der Waals surface area (Å²) in [6.07, 6.45) is 0. The maximum atomic E-state index is 12.1. The summed E-state index contributed by atoms with van der Waals surface area (Å²) in [5.41, 5.74) is 8.34. The molecule has 2 amide bonds. The van der Waals surface area contributed by atoms with Crippen LogP contribution >= 0.6 is 0 Å². The second-order valence-electron chi connectivity index (χ2n) is 5.43. The fourth-order valence-electron chi connectivity index (χ4n) is 2.43. The minimum absolute atomic E-state index is 0.0826. The normalized spacial score (nSPS) is 10.7. The number of carbonyl (C=O) groups excluding carboxylic acids is 2. The van der Waals surface area contributed by atoms with Gasteiger partial charge in [0.2, 0.25) is 0 Å². The maximum Gasteiger partial charge on any atom is 0.253 e. The number of nitrogens with one attached hydrogen (secondary N) is 1. The average Bonchev–Trinajstić information content (AvgIpc) is 2.98. The number of hydrogen-bond donors (Lipinski definition) is 2. The smallest absolute Gasteiger partial charge is 0.253 e. The second-order valence-corrected chi connectivity index (χ2v) is 5.43. The first-order valence-electron chi connectivity index (χ1n) is 7.08. The standard InChI is InChI=1S/C17H16N4O2/c1-21(2)17(23)11-6-3-5-10(9-11)16-19-13-8-4-7-12(15(18)22)14(13)20-16/h3-9H,1-2H3,(H2,18,22)(H,19,20). The third kappa shape index (κ3) is 2.66. The molecule has 0 aliphatic carbocycles. The number of nitrogens with zero attached hydrogens (tertiary/aromatic N) is 2. The Bertz CT molecular complexity index is 912. The molecular formula is C17H16N4O2. The van der Waals surface area contributed by atoms with Crippen LogP contribution < -0.4 is 5.73 Å². The van der Waals surface area contributed by atoms with Crippen molar-refractivity contribution in [1.29, 1.82) is 0 Å².